The summed E-state index contributed by atoms with van der Waals surface area (Å²) in [6.45, 7) is 8.45. The van der Waals surface area contributed by atoms with E-state index in [4.69, 9.17) is 19.8 Å². The molecule has 168 valence electrons. The molecule has 3 unspecified atom stereocenters. The van der Waals surface area contributed by atoms with E-state index in [1.807, 2.05) is 33.2 Å². The highest BCUT2D eigenvalue weighted by Gasteiger charge is 2.44. The van der Waals surface area contributed by atoms with Gasteiger partial charge in [0.15, 0.2) is 0 Å². The Bertz CT molecular complexity index is 656. The van der Waals surface area contributed by atoms with Crippen LogP contribution in [0.3, 0.4) is 0 Å². The molecule has 1 aromatic heterocycles. The third-order valence-corrected chi connectivity index (χ3v) is 5.74. The number of hydrogen-bond acceptors (Lipinski definition) is 5. The normalized spacial score (nSPS) is 22.7. The lowest BCUT2D eigenvalue weighted by molar-refractivity contribution is -0.138. The maximum atomic E-state index is 12.7. The fraction of sp³-hybridized carbons (Fsp3) is 0.636. The van der Waals surface area contributed by atoms with Crippen molar-refractivity contribution in [2.45, 2.75) is 52.6 Å². The van der Waals surface area contributed by atoms with E-state index in [0.29, 0.717) is 23.8 Å². The van der Waals surface area contributed by atoms with Crippen molar-refractivity contribution in [2.24, 2.45) is 17.3 Å². The van der Waals surface area contributed by atoms with Gasteiger partial charge in [0.25, 0.3) is 12.9 Å². The van der Waals surface area contributed by atoms with Gasteiger partial charge in [-0.1, -0.05) is 27.2 Å². The molecular formula is C22H35N3O5. The van der Waals surface area contributed by atoms with Crippen LogP contribution < -0.4 is 0 Å². The molecule has 3 atom stereocenters. The zero-order valence-electron chi connectivity index (χ0n) is 18.4. The molecule has 8 heteroatoms. The Balaban J connectivity index is 0.000000672. The molecule has 2 aliphatic rings. The molecule has 1 saturated heterocycles. The fourth-order valence-electron chi connectivity index (χ4n) is 4.52. The van der Waals surface area contributed by atoms with E-state index >= 15 is 0 Å². The van der Waals surface area contributed by atoms with E-state index in [9.17, 15) is 4.79 Å². The highest BCUT2D eigenvalue weighted by atomic mass is 16.3. The van der Waals surface area contributed by atoms with Crippen molar-refractivity contribution >= 4 is 18.9 Å². The first-order valence-electron chi connectivity index (χ1n) is 10.2. The number of amides is 1. The van der Waals surface area contributed by atoms with Crippen LogP contribution in [0, 0.1) is 17.3 Å². The molecular weight excluding hydrogens is 386 g/mol. The van der Waals surface area contributed by atoms with Crippen LogP contribution in [0.4, 0.5) is 0 Å². The number of aromatic nitrogens is 1. The molecule has 2 fully saturated rings. The van der Waals surface area contributed by atoms with Crippen molar-refractivity contribution in [3.05, 3.63) is 30.1 Å². The van der Waals surface area contributed by atoms with E-state index in [-0.39, 0.29) is 18.4 Å². The van der Waals surface area contributed by atoms with Crippen LogP contribution in [0.2, 0.25) is 0 Å². The molecule has 8 nitrogen and oxygen atoms in total. The number of likely N-dealkylation sites (tertiary alicyclic amines) is 1. The zero-order valence-corrected chi connectivity index (χ0v) is 18.4. The van der Waals surface area contributed by atoms with Crippen molar-refractivity contribution in [1.29, 1.82) is 0 Å². The Kier molecular flexibility index (Phi) is 10.5. The maximum absolute atomic E-state index is 12.7. The van der Waals surface area contributed by atoms with Crippen LogP contribution >= 0.6 is 0 Å². The SMILES string of the molecule is CN(Cc1ccncc1)C1CCCC2CN(C(=O)C(C)(C)C)CC21.O=CO.O=CO. The summed E-state index contributed by atoms with van der Waals surface area (Å²) in [5.41, 5.74) is 1.04. The zero-order chi connectivity index (χ0) is 22.7. The van der Waals surface area contributed by atoms with Gasteiger partial charge in [-0.2, -0.15) is 0 Å². The first-order valence-corrected chi connectivity index (χ1v) is 10.2. The minimum absolute atomic E-state index is 0.250. The van der Waals surface area contributed by atoms with Gasteiger partial charge in [-0.25, -0.2) is 0 Å². The minimum Gasteiger partial charge on any atom is -0.483 e. The van der Waals surface area contributed by atoms with Gasteiger partial charge >= 0.3 is 0 Å². The highest BCUT2D eigenvalue weighted by molar-refractivity contribution is 5.81. The van der Waals surface area contributed by atoms with Gasteiger partial charge < -0.3 is 15.1 Å². The molecule has 2 heterocycles. The topological polar surface area (TPSA) is 111 Å². The number of hydrogen-bond donors (Lipinski definition) is 2. The number of carbonyl (C=O) groups excluding carboxylic acids is 1. The Morgan fingerprint density at radius 3 is 2.27 bits per heavy atom. The second-order valence-electron chi connectivity index (χ2n) is 8.86. The number of carbonyl (C=O) groups is 3. The summed E-state index contributed by atoms with van der Waals surface area (Å²) >= 11 is 0. The summed E-state index contributed by atoms with van der Waals surface area (Å²) in [4.78, 5) is 38.1. The Labute approximate surface area is 178 Å². The van der Waals surface area contributed by atoms with E-state index in [0.717, 1.165) is 19.6 Å². The molecule has 1 saturated carbocycles. The molecule has 0 spiro atoms. The van der Waals surface area contributed by atoms with Crippen LogP contribution in [-0.4, -0.2) is 70.0 Å². The van der Waals surface area contributed by atoms with Crippen LogP contribution in [-0.2, 0) is 20.9 Å². The second kappa shape index (κ2) is 12.3. The van der Waals surface area contributed by atoms with Crippen LogP contribution in [0.1, 0.15) is 45.6 Å². The summed E-state index contributed by atoms with van der Waals surface area (Å²) in [6, 6.07) is 4.77. The average Bonchev–Trinajstić information content (AvgIpc) is 3.12. The summed E-state index contributed by atoms with van der Waals surface area (Å²) in [5, 5.41) is 13.8. The van der Waals surface area contributed by atoms with E-state index in [1.165, 1.54) is 24.8 Å². The molecule has 0 bridgehead atoms. The van der Waals surface area contributed by atoms with Crippen molar-refractivity contribution in [2.75, 3.05) is 20.1 Å². The predicted octanol–water partition coefficient (Wildman–Crippen LogP) is 2.59. The number of carboxylic acid groups (broad SMARTS) is 2. The van der Waals surface area contributed by atoms with Crippen LogP contribution in [0.25, 0.3) is 0 Å². The quantitative estimate of drug-likeness (QED) is 0.722. The summed E-state index contributed by atoms with van der Waals surface area (Å²) in [5.74, 6) is 1.61. The van der Waals surface area contributed by atoms with Gasteiger partial charge in [0.1, 0.15) is 0 Å². The van der Waals surface area contributed by atoms with Crippen molar-refractivity contribution < 1.29 is 24.6 Å². The summed E-state index contributed by atoms with van der Waals surface area (Å²) < 4.78 is 0. The van der Waals surface area contributed by atoms with Gasteiger partial charge in [0.2, 0.25) is 5.91 Å². The Morgan fingerprint density at radius 2 is 1.73 bits per heavy atom. The molecule has 3 rings (SSSR count). The lowest BCUT2D eigenvalue weighted by Gasteiger charge is -2.39. The average molecular weight is 422 g/mol. The monoisotopic (exact) mass is 421 g/mol. The minimum atomic E-state index is -0.272. The lowest BCUT2D eigenvalue weighted by atomic mass is 9.77. The molecule has 30 heavy (non-hydrogen) atoms. The molecule has 1 aliphatic heterocycles. The van der Waals surface area contributed by atoms with Gasteiger partial charge in [-0.3, -0.25) is 24.3 Å². The standard InChI is InChI=1S/C20H31N3O.2CH2O2/c1-20(2,3)19(24)23-13-16-6-5-7-18(17(16)14-23)22(4)12-15-8-10-21-11-9-15;2*2-1-3/h8-11,16-18H,5-7,12-14H2,1-4H3;2*1H,(H,2,3). The number of pyridine rings is 1. The van der Waals surface area contributed by atoms with Gasteiger partial charge in [0.05, 0.1) is 0 Å². The molecule has 0 radical (unpaired) electrons. The van der Waals surface area contributed by atoms with E-state index in [1.54, 1.807) is 0 Å². The second-order valence-corrected chi connectivity index (χ2v) is 8.86. The van der Waals surface area contributed by atoms with E-state index in [2.05, 4.69) is 34.0 Å². The first kappa shape index (κ1) is 25.6. The Hall–Kier alpha value is -2.48. The van der Waals surface area contributed by atoms with Gasteiger partial charge in [-0.05, 0) is 49.4 Å². The molecule has 0 aromatic carbocycles. The van der Waals surface area contributed by atoms with Crippen molar-refractivity contribution in [3.8, 4) is 0 Å². The third-order valence-electron chi connectivity index (χ3n) is 5.74. The van der Waals surface area contributed by atoms with E-state index < -0.39 is 0 Å². The molecule has 1 aromatic rings. The summed E-state index contributed by atoms with van der Waals surface area (Å²) in [6.07, 6.45) is 7.54. The largest absolute Gasteiger partial charge is 0.483 e. The van der Waals surface area contributed by atoms with Gasteiger partial charge in [0, 0.05) is 43.5 Å². The van der Waals surface area contributed by atoms with Crippen molar-refractivity contribution in [1.82, 2.24) is 14.8 Å². The summed E-state index contributed by atoms with van der Waals surface area (Å²) in [7, 11) is 2.24. The number of fused-ring (bicyclic) bond motifs is 1. The van der Waals surface area contributed by atoms with Crippen LogP contribution in [0.5, 0.6) is 0 Å². The first-order chi connectivity index (χ1) is 14.2. The maximum Gasteiger partial charge on any atom is 0.290 e. The number of rotatable bonds is 3. The predicted molar refractivity (Wildman–Crippen MR) is 114 cm³/mol. The van der Waals surface area contributed by atoms with Crippen LogP contribution in [0.15, 0.2) is 24.5 Å². The van der Waals surface area contributed by atoms with Gasteiger partial charge in [-0.15, -0.1) is 0 Å². The number of nitrogens with zero attached hydrogens (tertiary/aromatic N) is 3. The van der Waals surface area contributed by atoms with Crippen molar-refractivity contribution in [3.63, 3.8) is 0 Å². The molecule has 1 aliphatic carbocycles. The Morgan fingerprint density at radius 1 is 1.17 bits per heavy atom. The fourth-order valence-corrected chi connectivity index (χ4v) is 4.52. The molecule has 1 amide bonds. The smallest absolute Gasteiger partial charge is 0.290 e. The molecule has 2 N–H and O–H groups in total. The highest BCUT2D eigenvalue weighted by Crippen LogP contribution is 2.40. The lowest BCUT2D eigenvalue weighted by Crippen LogP contribution is -2.44. The third kappa shape index (κ3) is 7.40.